The SMILES string of the molecule is C[I-]CCC(C)CC=[NH+]C=C(N=Nc1ccccc1)NN. The zero-order valence-electron chi connectivity index (χ0n) is 12.6. The molecule has 0 spiro atoms. The molecule has 1 aromatic carbocycles. The summed E-state index contributed by atoms with van der Waals surface area (Å²) in [5, 5.41) is 8.15. The predicted molar refractivity (Wildman–Crippen MR) is 82.6 cm³/mol. The molecule has 4 N–H and O–H groups in total. The standard InChI is InChI=1S/C15H23IN5/c1-13(8-10-16-2)9-11-18-12-15(19-17)21-20-14-6-4-3-5-7-14/h3-7,11-13,19H,8-10,17H2,1-2H3/q-1/p+1. The van der Waals surface area contributed by atoms with Crippen LogP contribution in [0.5, 0.6) is 0 Å². The summed E-state index contributed by atoms with van der Waals surface area (Å²) in [5.74, 6) is 6.62. The Morgan fingerprint density at radius 1 is 1.43 bits per heavy atom. The van der Waals surface area contributed by atoms with Crippen LogP contribution in [0.3, 0.4) is 0 Å². The zero-order chi connectivity index (χ0) is 15.3. The number of halogens is 1. The third-order valence-corrected chi connectivity index (χ3v) is 4.53. The number of alkyl halides is 2. The molecule has 6 heteroatoms. The summed E-state index contributed by atoms with van der Waals surface area (Å²) in [5.41, 5.74) is 3.31. The van der Waals surface area contributed by atoms with Gasteiger partial charge in [0.1, 0.15) is 0 Å². The van der Waals surface area contributed by atoms with Gasteiger partial charge in [0.15, 0.2) is 0 Å². The number of hydrogen-bond acceptors (Lipinski definition) is 4. The maximum atomic E-state index is 5.42. The molecule has 0 fully saturated rings. The molecule has 0 aromatic heterocycles. The van der Waals surface area contributed by atoms with E-state index in [0.29, 0.717) is 32.9 Å². The molecule has 0 aliphatic heterocycles. The van der Waals surface area contributed by atoms with Crippen molar-refractivity contribution in [2.75, 3.05) is 9.36 Å². The van der Waals surface area contributed by atoms with Crippen molar-refractivity contribution in [3.05, 3.63) is 42.4 Å². The van der Waals surface area contributed by atoms with E-state index in [1.165, 1.54) is 10.8 Å². The van der Waals surface area contributed by atoms with Gasteiger partial charge in [-0.3, -0.25) is 0 Å². The monoisotopic (exact) mass is 401 g/mol. The third-order valence-electron chi connectivity index (χ3n) is 2.83. The van der Waals surface area contributed by atoms with Gasteiger partial charge in [0.2, 0.25) is 0 Å². The molecule has 116 valence electrons. The second kappa shape index (κ2) is 11.4. The Bertz CT molecular complexity index is 470. The summed E-state index contributed by atoms with van der Waals surface area (Å²) < 4.78 is 1.39. The van der Waals surface area contributed by atoms with Crippen molar-refractivity contribution in [1.82, 2.24) is 5.43 Å². The van der Waals surface area contributed by atoms with Crippen molar-refractivity contribution in [3.8, 4) is 0 Å². The summed E-state index contributed by atoms with van der Waals surface area (Å²) in [6.45, 7) is 2.28. The second-order valence-corrected chi connectivity index (χ2v) is 7.27. The predicted octanol–water partition coefficient (Wildman–Crippen LogP) is -1.68. The summed E-state index contributed by atoms with van der Waals surface area (Å²) in [6.07, 6.45) is 6.09. The minimum atomic E-state index is 0.413. The first kappa shape index (κ1) is 17.8. The van der Waals surface area contributed by atoms with Crippen LogP contribution in [0.2, 0.25) is 0 Å². The first-order valence-corrected chi connectivity index (χ1v) is 10.6. The van der Waals surface area contributed by atoms with Crippen LogP contribution in [0.25, 0.3) is 0 Å². The maximum absolute atomic E-state index is 5.42. The van der Waals surface area contributed by atoms with E-state index in [4.69, 9.17) is 5.84 Å². The Morgan fingerprint density at radius 3 is 2.86 bits per heavy atom. The van der Waals surface area contributed by atoms with Gasteiger partial charge >= 0.3 is 119 Å². The van der Waals surface area contributed by atoms with Gasteiger partial charge in [0.05, 0.1) is 0 Å². The molecule has 0 heterocycles. The molecule has 0 radical (unpaired) electrons. The number of hydrazine groups is 1. The topological polar surface area (TPSA) is 76.7 Å². The Balaban J connectivity index is 2.46. The van der Waals surface area contributed by atoms with Gasteiger partial charge in [-0.05, 0) is 0 Å². The quantitative estimate of drug-likeness (QED) is 0.116. The van der Waals surface area contributed by atoms with Gasteiger partial charge in [-0.1, -0.05) is 18.2 Å². The molecule has 0 saturated carbocycles. The van der Waals surface area contributed by atoms with E-state index in [9.17, 15) is 0 Å². The fourth-order valence-corrected chi connectivity index (χ4v) is 3.21. The van der Waals surface area contributed by atoms with E-state index in [1.807, 2.05) is 36.5 Å². The van der Waals surface area contributed by atoms with Gasteiger partial charge in [-0.15, -0.1) is 0 Å². The molecule has 1 unspecified atom stereocenters. The Labute approximate surface area is 137 Å². The van der Waals surface area contributed by atoms with Gasteiger partial charge < -0.3 is 0 Å². The Hall–Kier alpha value is -1.28. The normalized spacial score (nSPS) is 14.1. The van der Waals surface area contributed by atoms with Crippen LogP contribution in [0.1, 0.15) is 19.8 Å². The van der Waals surface area contributed by atoms with Gasteiger partial charge in [-0.25, -0.2) is 0 Å². The van der Waals surface area contributed by atoms with E-state index in [1.54, 1.807) is 6.20 Å². The zero-order valence-corrected chi connectivity index (χ0v) is 14.7. The molecule has 1 rings (SSSR count). The number of nitrogens with zero attached hydrogens (tertiary/aromatic N) is 2. The molecule has 0 aliphatic carbocycles. The summed E-state index contributed by atoms with van der Waals surface area (Å²) in [7, 11) is 0. The van der Waals surface area contributed by atoms with Crippen LogP contribution in [0.15, 0.2) is 52.6 Å². The van der Waals surface area contributed by atoms with Crippen LogP contribution < -0.4 is 37.5 Å². The van der Waals surface area contributed by atoms with Crippen molar-refractivity contribution in [1.29, 1.82) is 0 Å². The van der Waals surface area contributed by atoms with Crippen LogP contribution in [-0.4, -0.2) is 15.6 Å². The fourth-order valence-electron chi connectivity index (χ4n) is 1.53. The van der Waals surface area contributed by atoms with E-state index < -0.39 is 0 Å². The minimum absolute atomic E-state index is 0.413. The summed E-state index contributed by atoms with van der Waals surface area (Å²) in [4.78, 5) is 5.43. The van der Waals surface area contributed by atoms with Crippen LogP contribution in [-0.2, 0) is 0 Å². The second-order valence-electron chi connectivity index (χ2n) is 4.67. The van der Waals surface area contributed by atoms with Crippen LogP contribution >= 0.6 is 0 Å². The first-order chi connectivity index (χ1) is 10.3. The molecular weight excluding hydrogens is 377 g/mol. The van der Waals surface area contributed by atoms with E-state index in [0.717, 1.165) is 12.1 Å². The van der Waals surface area contributed by atoms with Crippen molar-refractivity contribution in [2.24, 2.45) is 22.0 Å². The average Bonchev–Trinajstić information content (AvgIpc) is 2.53. The molecule has 1 atom stereocenters. The van der Waals surface area contributed by atoms with Crippen molar-refractivity contribution in [2.45, 2.75) is 19.8 Å². The fraction of sp³-hybridized carbons (Fsp3) is 0.400. The Morgan fingerprint density at radius 2 is 2.19 bits per heavy atom. The molecule has 21 heavy (non-hydrogen) atoms. The molecule has 0 amide bonds. The molecule has 0 aliphatic rings. The van der Waals surface area contributed by atoms with Gasteiger partial charge in [0.25, 0.3) is 0 Å². The number of hydrogen-bond donors (Lipinski definition) is 3. The van der Waals surface area contributed by atoms with E-state index in [2.05, 4.69) is 32.5 Å². The van der Waals surface area contributed by atoms with Gasteiger partial charge in [-0.2, -0.15) is 0 Å². The number of azo groups is 1. The third kappa shape index (κ3) is 8.56. The van der Waals surface area contributed by atoms with Gasteiger partial charge in [0, 0.05) is 0 Å². The molecular formula is C15H24IN5. The Kier molecular flexibility index (Phi) is 9.64. The van der Waals surface area contributed by atoms with Crippen molar-refractivity contribution < 1.29 is 26.2 Å². The summed E-state index contributed by atoms with van der Waals surface area (Å²) >= 11 is 0.413. The number of benzene rings is 1. The van der Waals surface area contributed by atoms with E-state index >= 15 is 0 Å². The molecule has 0 bridgehead atoms. The number of nitrogens with two attached hydrogens (primary N) is 1. The molecule has 1 aromatic rings. The van der Waals surface area contributed by atoms with Crippen molar-refractivity contribution >= 4 is 11.9 Å². The summed E-state index contributed by atoms with van der Waals surface area (Å²) in [6, 6.07) is 9.54. The molecule has 5 nitrogen and oxygen atoms in total. The molecule has 0 saturated heterocycles. The van der Waals surface area contributed by atoms with Crippen LogP contribution in [0.4, 0.5) is 5.69 Å². The van der Waals surface area contributed by atoms with Crippen molar-refractivity contribution in [3.63, 3.8) is 0 Å². The average molecular weight is 401 g/mol. The van der Waals surface area contributed by atoms with Crippen LogP contribution in [0, 0.1) is 5.92 Å². The van der Waals surface area contributed by atoms with E-state index in [-0.39, 0.29) is 0 Å². The number of nitrogens with one attached hydrogen (secondary N) is 2. The number of rotatable bonds is 9. The first-order valence-electron chi connectivity index (χ1n) is 6.91.